The molecule has 0 radical (unpaired) electrons. The third kappa shape index (κ3) is 3.68. The molecule has 2 aromatic rings. The van der Waals surface area contributed by atoms with Crippen LogP contribution in [0.25, 0.3) is 0 Å². The van der Waals surface area contributed by atoms with Gasteiger partial charge in [-0.25, -0.2) is 4.98 Å². The molecule has 0 bridgehead atoms. The first-order valence-corrected chi connectivity index (χ1v) is 9.99. The summed E-state index contributed by atoms with van der Waals surface area (Å²) in [5.74, 6) is -0.0897. The minimum Gasteiger partial charge on any atom is -0.346 e. The minimum atomic E-state index is -0.150. The number of fused-ring (bicyclic) bond motifs is 1. The van der Waals surface area contributed by atoms with E-state index in [4.69, 9.17) is 0 Å². The Morgan fingerprint density at radius 3 is 2.89 bits per heavy atom. The van der Waals surface area contributed by atoms with Gasteiger partial charge in [-0.2, -0.15) is 0 Å². The van der Waals surface area contributed by atoms with Crippen molar-refractivity contribution in [2.45, 2.75) is 26.3 Å². The van der Waals surface area contributed by atoms with Crippen molar-refractivity contribution in [2.75, 3.05) is 36.4 Å². The number of rotatable bonds is 4. The molecule has 142 valence electrons. The van der Waals surface area contributed by atoms with Gasteiger partial charge >= 0.3 is 0 Å². The lowest BCUT2D eigenvalue weighted by Crippen LogP contribution is -2.43. The highest BCUT2D eigenvalue weighted by atomic mass is 32.1. The molecule has 1 unspecified atom stereocenters. The van der Waals surface area contributed by atoms with Gasteiger partial charge in [0.1, 0.15) is 4.88 Å². The van der Waals surface area contributed by atoms with Crippen molar-refractivity contribution in [3.63, 3.8) is 0 Å². The number of hydrogen-bond acceptors (Lipinski definition) is 6. The first-order valence-electron chi connectivity index (χ1n) is 9.18. The van der Waals surface area contributed by atoms with Crippen LogP contribution in [0.1, 0.15) is 39.5 Å². The third-order valence-electron chi connectivity index (χ3n) is 4.98. The molecule has 2 aliphatic rings. The predicted molar refractivity (Wildman–Crippen MR) is 107 cm³/mol. The molecule has 1 aromatic heterocycles. The van der Waals surface area contributed by atoms with E-state index < -0.39 is 0 Å². The zero-order chi connectivity index (χ0) is 19.0. The first kappa shape index (κ1) is 17.9. The summed E-state index contributed by atoms with van der Waals surface area (Å²) in [5, 5.41) is 10.1. The monoisotopic (exact) mass is 385 g/mol. The van der Waals surface area contributed by atoms with Crippen LogP contribution in [0.2, 0.25) is 0 Å². The van der Waals surface area contributed by atoms with Crippen molar-refractivity contribution < 1.29 is 9.59 Å². The minimum absolute atomic E-state index is 0.0135. The van der Waals surface area contributed by atoms with Crippen molar-refractivity contribution in [2.24, 2.45) is 0 Å². The predicted octanol–water partition coefficient (Wildman–Crippen LogP) is 1.85. The molecule has 2 amide bonds. The Labute approximate surface area is 162 Å². The van der Waals surface area contributed by atoms with Crippen molar-refractivity contribution in [1.29, 1.82) is 0 Å². The topological polar surface area (TPSA) is 86.4 Å². The van der Waals surface area contributed by atoms with E-state index in [9.17, 15) is 9.59 Å². The van der Waals surface area contributed by atoms with Crippen LogP contribution in [0.5, 0.6) is 0 Å². The van der Waals surface area contributed by atoms with Crippen LogP contribution < -0.4 is 20.9 Å². The highest BCUT2D eigenvalue weighted by Crippen LogP contribution is 2.29. The number of amides is 2. The summed E-state index contributed by atoms with van der Waals surface area (Å²) in [7, 11) is 0. The second-order valence-electron chi connectivity index (χ2n) is 6.98. The Morgan fingerprint density at radius 1 is 1.33 bits per heavy atom. The van der Waals surface area contributed by atoms with Gasteiger partial charge in [0.25, 0.3) is 5.91 Å². The molecule has 0 aliphatic carbocycles. The number of anilines is 2. The van der Waals surface area contributed by atoms with Crippen LogP contribution >= 0.6 is 11.3 Å². The maximum atomic E-state index is 12.8. The molecular weight excluding hydrogens is 362 g/mol. The number of carbonyl (C=O) groups is 2. The molecule has 3 N–H and O–H groups in total. The second-order valence-corrected chi connectivity index (χ2v) is 7.96. The molecule has 1 atom stereocenters. The highest BCUT2D eigenvalue weighted by Gasteiger charge is 2.23. The maximum Gasteiger partial charge on any atom is 0.263 e. The van der Waals surface area contributed by atoms with Crippen molar-refractivity contribution in [3.8, 4) is 0 Å². The molecule has 1 aromatic carbocycles. The number of aryl methyl sites for hydroxylation is 1. The number of aromatic nitrogens is 1. The largest absolute Gasteiger partial charge is 0.346 e. The summed E-state index contributed by atoms with van der Waals surface area (Å²) in [6.45, 7) is 7.53. The van der Waals surface area contributed by atoms with Crippen molar-refractivity contribution in [1.82, 2.24) is 15.6 Å². The second kappa shape index (κ2) is 7.28. The molecule has 1 saturated heterocycles. The fourth-order valence-electron chi connectivity index (χ4n) is 3.45. The third-order valence-corrected chi connectivity index (χ3v) is 6.20. The van der Waals surface area contributed by atoms with E-state index in [0.29, 0.717) is 11.3 Å². The van der Waals surface area contributed by atoms with Gasteiger partial charge in [-0.05, 0) is 31.0 Å². The van der Waals surface area contributed by atoms with E-state index in [0.717, 1.165) is 53.8 Å². The number of nitrogens with one attached hydrogen (secondary N) is 3. The zero-order valence-corrected chi connectivity index (χ0v) is 16.3. The Hall–Kier alpha value is -2.45. The molecule has 4 rings (SSSR count). The average molecular weight is 385 g/mol. The Balaban J connectivity index is 1.46. The van der Waals surface area contributed by atoms with Gasteiger partial charge in [-0.1, -0.05) is 23.5 Å². The van der Waals surface area contributed by atoms with Gasteiger partial charge < -0.3 is 20.9 Å². The number of nitrogens with zero attached hydrogens (tertiary/aromatic N) is 2. The Kier molecular flexibility index (Phi) is 4.84. The van der Waals surface area contributed by atoms with Gasteiger partial charge in [-0.3, -0.25) is 9.59 Å². The molecular formula is C19H23N5O2S. The summed E-state index contributed by atoms with van der Waals surface area (Å²) in [6, 6.07) is 5.69. The smallest absolute Gasteiger partial charge is 0.263 e. The van der Waals surface area contributed by atoms with E-state index >= 15 is 0 Å². The number of benzene rings is 1. The van der Waals surface area contributed by atoms with Crippen LogP contribution in [0.15, 0.2) is 18.2 Å². The van der Waals surface area contributed by atoms with Crippen LogP contribution in [0, 0.1) is 6.92 Å². The van der Waals surface area contributed by atoms with Gasteiger partial charge in [0.15, 0.2) is 5.13 Å². The zero-order valence-electron chi connectivity index (χ0n) is 15.5. The molecule has 0 saturated carbocycles. The van der Waals surface area contributed by atoms with Crippen molar-refractivity contribution in [3.05, 3.63) is 39.9 Å². The van der Waals surface area contributed by atoms with E-state index in [1.807, 2.05) is 32.0 Å². The highest BCUT2D eigenvalue weighted by molar-refractivity contribution is 7.17. The fraction of sp³-hybridized carbons (Fsp3) is 0.421. The molecule has 3 heterocycles. The normalized spacial score (nSPS) is 17.4. The first-order chi connectivity index (χ1) is 13.0. The summed E-state index contributed by atoms with van der Waals surface area (Å²) < 4.78 is 0. The van der Waals surface area contributed by atoms with E-state index in [1.54, 1.807) is 0 Å². The summed E-state index contributed by atoms with van der Waals surface area (Å²) in [5.41, 5.74) is 3.60. The maximum absolute atomic E-state index is 12.8. The molecule has 8 heteroatoms. The van der Waals surface area contributed by atoms with Gasteiger partial charge in [0.05, 0.1) is 18.2 Å². The summed E-state index contributed by atoms with van der Waals surface area (Å²) in [4.78, 5) is 31.8. The standard InChI is InChI=1S/C19H23N5O2S/c1-11(13-3-4-15-14(9-13)10-16(25)23-15)21-18(26)17-12(2)22-19(27-17)24-7-5-20-6-8-24/h3-4,9,11,20H,5-8,10H2,1-2H3,(H,21,26)(H,23,25). The number of thiazole rings is 1. The van der Waals surface area contributed by atoms with Crippen molar-refractivity contribution >= 4 is 34.0 Å². The van der Waals surface area contributed by atoms with Gasteiger partial charge in [0.2, 0.25) is 5.91 Å². The van der Waals surface area contributed by atoms with Gasteiger partial charge in [0, 0.05) is 31.9 Å². The SMILES string of the molecule is Cc1nc(N2CCNCC2)sc1C(=O)NC(C)c1ccc2c(c1)CC(=O)N2. The Bertz CT molecular complexity index is 888. The lowest BCUT2D eigenvalue weighted by atomic mass is 10.0. The van der Waals surface area contributed by atoms with Crippen LogP contribution in [0.4, 0.5) is 10.8 Å². The van der Waals surface area contributed by atoms with Crippen LogP contribution in [-0.2, 0) is 11.2 Å². The number of piperazine rings is 1. The average Bonchev–Trinajstić information content (AvgIpc) is 3.23. The number of hydrogen-bond donors (Lipinski definition) is 3. The van der Waals surface area contributed by atoms with E-state index in [1.165, 1.54) is 11.3 Å². The molecule has 1 fully saturated rings. The molecule has 27 heavy (non-hydrogen) atoms. The lowest BCUT2D eigenvalue weighted by molar-refractivity contribution is -0.115. The van der Waals surface area contributed by atoms with E-state index in [-0.39, 0.29) is 17.9 Å². The molecule has 7 nitrogen and oxygen atoms in total. The molecule has 2 aliphatic heterocycles. The van der Waals surface area contributed by atoms with E-state index in [2.05, 4.69) is 25.8 Å². The fourth-order valence-corrected chi connectivity index (χ4v) is 4.47. The lowest BCUT2D eigenvalue weighted by Gasteiger charge is -2.26. The number of carbonyl (C=O) groups excluding carboxylic acids is 2. The summed E-state index contributed by atoms with van der Waals surface area (Å²) in [6.07, 6.45) is 0.395. The van der Waals surface area contributed by atoms with Crippen LogP contribution in [-0.4, -0.2) is 43.0 Å². The van der Waals surface area contributed by atoms with Gasteiger partial charge in [-0.15, -0.1) is 0 Å². The molecule has 0 spiro atoms. The Morgan fingerprint density at radius 2 is 2.11 bits per heavy atom. The summed E-state index contributed by atoms with van der Waals surface area (Å²) >= 11 is 1.45. The van der Waals surface area contributed by atoms with Crippen LogP contribution in [0.3, 0.4) is 0 Å². The quantitative estimate of drug-likeness (QED) is 0.748.